The zero-order chi connectivity index (χ0) is 12.0. The lowest BCUT2D eigenvalue weighted by atomic mass is 10.3. The molecule has 0 fully saturated rings. The van der Waals surface area contributed by atoms with Gasteiger partial charge in [0.15, 0.2) is 0 Å². The molecule has 0 radical (unpaired) electrons. The van der Waals surface area contributed by atoms with Crippen LogP contribution in [0.5, 0.6) is 5.75 Å². The fraction of sp³-hybridized carbons (Fsp3) is 0.400. The third-order valence-corrected chi connectivity index (χ3v) is 2.35. The third kappa shape index (κ3) is 5.69. The van der Waals surface area contributed by atoms with Crippen LogP contribution in [-0.2, 0) is 14.5 Å². The summed E-state index contributed by atoms with van der Waals surface area (Å²) in [6.45, 7) is 1.85. The Morgan fingerprint density at radius 1 is 1.31 bits per heavy atom. The SMILES string of the molecule is CC(CCOS(N)(=O)=O)Oc1ccccc1. The molecule has 16 heavy (non-hydrogen) atoms. The highest BCUT2D eigenvalue weighted by Crippen LogP contribution is 2.12. The summed E-state index contributed by atoms with van der Waals surface area (Å²) in [4.78, 5) is 0. The monoisotopic (exact) mass is 245 g/mol. The molecule has 0 heterocycles. The van der Waals surface area contributed by atoms with E-state index >= 15 is 0 Å². The van der Waals surface area contributed by atoms with E-state index in [-0.39, 0.29) is 12.7 Å². The van der Waals surface area contributed by atoms with E-state index in [9.17, 15) is 8.42 Å². The molecule has 90 valence electrons. The smallest absolute Gasteiger partial charge is 0.333 e. The van der Waals surface area contributed by atoms with Crippen molar-refractivity contribution in [1.82, 2.24) is 0 Å². The zero-order valence-corrected chi connectivity index (χ0v) is 9.81. The van der Waals surface area contributed by atoms with E-state index in [1.54, 1.807) is 0 Å². The van der Waals surface area contributed by atoms with Crippen LogP contribution < -0.4 is 9.88 Å². The number of rotatable bonds is 6. The van der Waals surface area contributed by atoms with Gasteiger partial charge in [0.1, 0.15) is 5.75 Å². The summed E-state index contributed by atoms with van der Waals surface area (Å²) < 4.78 is 30.9. The van der Waals surface area contributed by atoms with Crippen LogP contribution in [0.1, 0.15) is 13.3 Å². The zero-order valence-electron chi connectivity index (χ0n) is 9.00. The lowest BCUT2D eigenvalue weighted by Crippen LogP contribution is -2.20. The van der Waals surface area contributed by atoms with E-state index in [2.05, 4.69) is 9.32 Å². The summed E-state index contributed by atoms with van der Waals surface area (Å²) in [6.07, 6.45) is 0.315. The number of nitrogens with two attached hydrogens (primary N) is 1. The number of ether oxygens (including phenoxy) is 1. The molecule has 2 N–H and O–H groups in total. The van der Waals surface area contributed by atoms with Crippen molar-refractivity contribution < 1.29 is 17.3 Å². The minimum atomic E-state index is -3.85. The largest absolute Gasteiger partial charge is 0.491 e. The van der Waals surface area contributed by atoms with Gasteiger partial charge in [-0.05, 0) is 19.1 Å². The Morgan fingerprint density at radius 2 is 1.94 bits per heavy atom. The van der Waals surface area contributed by atoms with Crippen molar-refractivity contribution in [3.63, 3.8) is 0 Å². The fourth-order valence-corrected chi connectivity index (χ4v) is 1.45. The molecule has 0 aliphatic heterocycles. The highest BCUT2D eigenvalue weighted by Gasteiger charge is 2.07. The molecule has 0 spiro atoms. The average Bonchev–Trinajstić information content (AvgIpc) is 2.17. The predicted molar refractivity (Wildman–Crippen MR) is 60.2 cm³/mol. The van der Waals surface area contributed by atoms with Crippen LogP contribution in [0.15, 0.2) is 30.3 Å². The first-order valence-corrected chi connectivity index (χ1v) is 6.33. The van der Waals surface area contributed by atoms with Crippen LogP contribution >= 0.6 is 0 Å². The average molecular weight is 245 g/mol. The summed E-state index contributed by atoms with van der Waals surface area (Å²) in [7, 11) is -3.85. The van der Waals surface area contributed by atoms with Gasteiger partial charge in [-0.1, -0.05) is 18.2 Å². The Bertz CT molecular complexity index is 404. The van der Waals surface area contributed by atoms with Crippen molar-refractivity contribution in [2.24, 2.45) is 5.14 Å². The fourth-order valence-electron chi connectivity index (χ4n) is 1.12. The normalized spacial score (nSPS) is 13.4. The quantitative estimate of drug-likeness (QED) is 0.813. The second-order valence-corrected chi connectivity index (χ2v) is 4.57. The summed E-state index contributed by atoms with van der Waals surface area (Å²) in [6, 6.07) is 9.28. The molecule has 0 saturated heterocycles. The van der Waals surface area contributed by atoms with Crippen molar-refractivity contribution >= 4 is 10.3 Å². The summed E-state index contributed by atoms with van der Waals surface area (Å²) in [5, 5.41) is 4.68. The highest BCUT2D eigenvalue weighted by atomic mass is 32.2. The Kier molecular flexibility index (Phi) is 4.72. The van der Waals surface area contributed by atoms with E-state index in [1.807, 2.05) is 37.3 Å². The Hall–Kier alpha value is -1.11. The number of para-hydroxylation sites is 1. The predicted octanol–water partition coefficient (Wildman–Crippen LogP) is 1.06. The van der Waals surface area contributed by atoms with Crippen molar-refractivity contribution in [2.75, 3.05) is 6.61 Å². The van der Waals surface area contributed by atoms with Gasteiger partial charge in [0.2, 0.25) is 0 Å². The van der Waals surface area contributed by atoms with Crippen LogP contribution in [0.25, 0.3) is 0 Å². The van der Waals surface area contributed by atoms with E-state index < -0.39 is 10.3 Å². The maximum atomic E-state index is 10.5. The lowest BCUT2D eigenvalue weighted by Gasteiger charge is -2.13. The number of hydrogen-bond donors (Lipinski definition) is 1. The van der Waals surface area contributed by atoms with Gasteiger partial charge in [-0.2, -0.15) is 8.42 Å². The number of benzene rings is 1. The minimum Gasteiger partial charge on any atom is -0.491 e. The first-order chi connectivity index (χ1) is 7.47. The van der Waals surface area contributed by atoms with Crippen LogP contribution in [-0.4, -0.2) is 21.1 Å². The molecule has 1 unspecified atom stereocenters. The maximum Gasteiger partial charge on any atom is 0.333 e. The Morgan fingerprint density at radius 3 is 2.50 bits per heavy atom. The molecule has 0 aromatic heterocycles. The molecule has 0 saturated carbocycles. The van der Waals surface area contributed by atoms with Crippen LogP contribution in [0.2, 0.25) is 0 Å². The topological polar surface area (TPSA) is 78.6 Å². The Balaban J connectivity index is 2.29. The molecule has 0 amide bonds. The van der Waals surface area contributed by atoms with Crippen LogP contribution in [0.3, 0.4) is 0 Å². The van der Waals surface area contributed by atoms with Crippen molar-refractivity contribution in [3.8, 4) is 5.75 Å². The van der Waals surface area contributed by atoms with E-state index in [1.165, 1.54) is 0 Å². The summed E-state index contributed by atoms with van der Waals surface area (Å²) in [5.74, 6) is 0.741. The first-order valence-electron chi connectivity index (χ1n) is 4.86. The molecule has 0 aliphatic rings. The van der Waals surface area contributed by atoms with Crippen molar-refractivity contribution in [2.45, 2.75) is 19.4 Å². The number of hydrogen-bond acceptors (Lipinski definition) is 4. The van der Waals surface area contributed by atoms with Crippen LogP contribution in [0.4, 0.5) is 0 Å². The second-order valence-electron chi connectivity index (χ2n) is 3.34. The Labute approximate surface area is 95.4 Å². The highest BCUT2D eigenvalue weighted by molar-refractivity contribution is 7.84. The molecule has 0 aliphatic carbocycles. The van der Waals surface area contributed by atoms with Gasteiger partial charge >= 0.3 is 10.3 Å². The molecule has 5 nitrogen and oxygen atoms in total. The molecule has 1 aromatic carbocycles. The van der Waals surface area contributed by atoms with E-state index in [0.717, 1.165) is 5.75 Å². The van der Waals surface area contributed by atoms with Gasteiger partial charge in [-0.25, -0.2) is 5.14 Å². The molecule has 0 bridgehead atoms. The molecular weight excluding hydrogens is 230 g/mol. The summed E-state index contributed by atoms with van der Waals surface area (Å²) >= 11 is 0. The van der Waals surface area contributed by atoms with Gasteiger partial charge in [-0.15, -0.1) is 0 Å². The first kappa shape index (κ1) is 13.0. The van der Waals surface area contributed by atoms with E-state index in [4.69, 9.17) is 4.74 Å². The van der Waals surface area contributed by atoms with E-state index in [0.29, 0.717) is 6.42 Å². The summed E-state index contributed by atoms with van der Waals surface area (Å²) in [5.41, 5.74) is 0. The van der Waals surface area contributed by atoms with Gasteiger partial charge < -0.3 is 4.74 Å². The maximum absolute atomic E-state index is 10.5. The van der Waals surface area contributed by atoms with Gasteiger partial charge in [-0.3, -0.25) is 4.18 Å². The van der Waals surface area contributed by atoms with Crippen molar-refractivity contribution in [3.05, 3.63) is 30.3 Å². The minimum absolute atomic E-state index is 0.0207. The van der Waals surface area contributed by atoms with Gasteiger partial charge in [0, 0.05) is 6.42 Å². The molecule has 1 aromatic rings. The second kappa shape index (κ2) is 5.83. The molecule has 6 heteroatoms. The standard InChI is InChI=1S/C10H15NO4S/c1-9(7-8-14-16(11,12)13)15-10-5-3-2-4-6-10/h2-6,9H,7-8H2,1H3,(H2,11,12,13). The lowest BCUT2D eigenvalue weighted by molar-refractivity contribution is 0.179. The van der Waals surface area contributed by atoms with Crippen molar-refractivity contribution in [1.29, 1.82) is 0 Å². The van der Waals surface area contributed by atoms with Gasteiger partial charge in [0.25, 0.3) is 0 Å². The van der Waals surface area contributed by atoms with Crippen LogP contribution in [0, 0.1) is 0 Å². The third-order valence-electron chi connectivity index (χ3n) is 1.85. The molecular formula is C10H15NO4S. The molecule has 1 atom stereocenters. The molecule has 1 rings (SSSR count). The van der Waals surface area contributed by atoms with Gasteiger partial charge in [0.05, 0.1) is 12.7 Å².